The molecule has 34 heavy (non-hydrogen) atoms. The first-order chi connectivity index (χ1) is 16.5. The third-order valence-corrected chi connectivity index (χ3v) is 5.61. The van der Waals surface area contributed by atoms with Crippen LogP contribution in [0.1, 0.15) is 35.7 Å². The van der Waals surface area contributed by atoms with Gasteiger partial charge in [-0.1, -0.05) is 43.7 Å². The van der Waals surface area contributed by atoms with Gasteiger partial charge in [0.25, 0.3) is 11.8 Å². The molecule has 8 nitrogen and oxygen atoms in total. The van der Waals surface area contributed by atoms with E-state index in [0.717, 1.165) is 32.5 Å². The highest BCUT2D eigenvalue weighted by atomic mass is 16.5. The minimum Gasteiger partial charge on any atom is -0.494 e. The van der Waals surface area contributed by atoms with Crippen molar-refractivity contribution in [3.05, 3.63) is 65.7 Å². The maximum absolute atomic E-state index is 12.4. The molecule has 2 amide bonds. The largest absolute Gasteiger partial charge is 0.494 e. The summed E-state index contributed by atoms with van der Waals surface area (Å²) in [6, 6.07) is 16.9. The molecule has 2 aromatic rings. The molecule has 0 spiro atoms. The Labute approximate surface area is 200 Å². The molecule has 1 saturated heterocycles. The number of carbonyl (C=O) groups excluding carboxylic acids is 3. The van der Waals surface area contributed by atoms with Crippen molar-refractivity contribution in [2.75, 3.05) is 45.9 Å². The summed E-state index contributed by atoms with van der Waals surface area (Å²) in [5, 5.41) is 2.52. The molecular weight excluding hydrogens is 434 g/mol. The van der Waals surface area contributed by atoms with E-state index in [9.17, 15) is 14.4 Å². The topological polar surface area (TPSA) is 88.2 Å². The summed E-state index contributed by atoms with van der Waals surface area (Å²) in [7, 11) is 0. The summed E-state index contributed by atoms with van der Waals surface area (Å²) in [6.45, 7) is 5.69. The molecule has 0 bridgehead atoms. The molecule has 0 saturated carbocycles. The van der Waals surface area contributed by atoms with E-state index < -0.39 is 11.9 Å². The zero-order chi connectivity index (χ0) is 24.2. The zero-order valence-corrected chi connectivity index (χ0v) is 19.7. The lowest BCUT2D eigenvalue weighted by Crippen LogP contribution is -2.49. The van der Waals surface area contributed by atoms with E-state index in [2.05, 4.69) is 29.3 Å². The number of nitrogens with one attached hydrogen (secondary N) is 1. The van der Waals surface area contributed by atoms with Gasteiger partial charge in [-0.3, -0.25) is 19.3 Å². The summed E-state index contributed by atoms with van der Waals surface area (Å²) in [5.74, 6) is -0.566. The Bertz CT molecular complexity index is 925. The molecule has 182 valence electrons. The predicted molar refractivity (Wildman–Crippen MR) is 128 cm³/mol. The van der Waals surface area contributed by atoms with E-state index >= 15 is 0 Å². The summed E-state index contributed by atoms with van der Waals surface area (Å²) in [4.78, 5) is 40.6. The van der Waals surface area contributed by atoms with Crippen LogP contribution in [0.2, 0.25) is 0 Å². The SMILES string of the molecule is CCCCOc1ccc(C(=O)NCC(=O)OCC(=O)N2CCN(Cc3ccccc3)CC2)cc1. The van der Waals surface area contributed by atoms with Crippen LogP contribution >= 0.6 is 0 Å². The number of esters is 1. The minimum atomic E-state index is -0.649. The van der Waals surface area contributed by atoms with E-state index in [1.54, 1.807) is 29.2 Å². The van der Waals surface area contributed by atoms with E-state index in [1.807, 2.05) is 18.2 Å². The van der Waals surface area contributed by atoms with Gasteiger partial charge in [-0.25, -0.2) is 0 Å². The van der Waals surface area contributed by atoms with Gasteiger partial charge in [0.1, 0.15) is 12.3 Å². The van der Waals surface area contributed by atoms with E-state index in [1.165, 1.54) is 5.56 Å². The Morgan fingerprint density at radius 2 is 1.65 bits per heavy atom. The number of unbranched alkanes of at least 4 members (excludes halogenated alkanes) is 1. The number of hydrogen-bond acceptors (Lipinski definition) is 6. The van der Waals surface area contributed by atoms with Crippen molar-refractivity contribution in [3.63, 3.8) is 0 Å². The second kappa shape index (κ2) is 13.3. The fourth-order valence-electron chi connectivity index (χ4n) is 3.57. The van der Waals surface area contributed by atoms with Gasteiger partial charge in [-0.15, -0.1) is 0 Å². The van der Waals surface area contributed by atoms with Crippen molar-refractivity contribution >= 4 is 17.8 Å². The van der Waals surface area contributed by atoms with Gasteiger partial charge >= 0.3 is 5.97 Å². The fourth-order valence-corrected chi connectivity index (χ4v) is 3.57. The summed E-state index contributed by atoms with van der Waals surface area (Å²) >= 11 is 0. The molecule has 1 heterocycles. The number of benzene rings is 2. The predicted octanol–water partition coefficient (Wildman–Crippen LogP) is 2.48. The van der Waals surface area contributed by atoms with Crippen molar-refractivity contribution in [3.8, 4) is 5.75 Å². The number of rotatable bonds is 11. The molecule has 1 fully saturated rings. The van der Waals surface area contributed by atoms with Gasteiger partial charge in [0, 0.05) is 38.3 Å². The first-order valence-corrected chi connectivity index (χ1v) is 11.8. The standard InChI is InChI=1S/C26H33N3O5/c1-2-3-17-33-23-11-9-22(10-12-23)26(32)27-18-25(31)34-20-24(30)29-15-13-28(14-16-29)19-21-7-5-4-6-8-21/h4-12H,2-3,13-20H2,1H3,(H,27,32). The van der Waals surface area contributed by atoms with Crippen LogP contribution in [0.5, 0.6) is 5.75 Å². The number of nitrogens with zero attached hydrogens (tertiary/aromatic N) is 2. The van der Waals surface area contributed by atoms with Crippen LogP contribution in [0, 0.1) is 0 Å². The molecule has 0 radical (unpaired) electrons. The number of carbonyl (C=O) groups is 3. The van der Waals surface area contributed by atoms with Crippen molar-refractivity contribution < 1.29 is 23.9 Å². The highest BCUT2D eigenvalue weighted by molar-refractivity contribution is 5.96. The third kappa shape index (κ3) is 8.19. The number of hydrogen-bond donors (Lipinski definition) is 1. The molecule has 8 heteroatoms. The molecule has 1 aliphatic rings. The molecule has 1 aliphatic heterocycles. The lowest BCUT2D eigenvalue weighted by molar-refractivity contribution is -0.151. The Kier molecular flexibility index (Phi) is 9.91. The van der Waals surface area contributed by atoms with Crippen LogP contribution in [-0.2, 0) is 20.9 Å². The molecular formula is C26H33N3O5. The third-order valence-electron chi connectivity index (χ3n) is 5.61. The maximum Gasteiger partial charge on any atom is 0.325 e. The Morgan fingerprint density at radius 1 is 0.941 bits per heavy atom. The van der Waals surface area contributed by atoms with Crippen LogP contribution in [0.15, 0.2) is 54.6 Å². The first-order valence-electron chi connectivity index (χ1n) is 11.8. The Hall–Kier alpha value is -3.39. The molecule has 1 N–H and O–H groups in total. The normalized spacial score (nSPS) is 13.9. The summed E-state index contributed by atoms with van der Waals surface area (Å²) < 4.78 is 10.6. The lowest BCUT2D eigenvalue weighted by Gasteiger charge is -2.34. The van der Waals surface area contributed by atoms with Crippen LogP contribution in [-0.4, -0.2) is 73.5 Å². The summed E-state index contributed by atoms with van der Waals surface area (Å²) in [6.07, 6.45) is 2.02. The number of amides is 2. The quantitative estimate of drug-likeness (QED) is 0.404. The number of ether oxygens (including phenoxy) is 2. The molecule has 0 atom stereocenters. The number of piperazine rings is 1. The molecule has 0 unspecified atom stereocenters. The Balaban J connectivity index is 1.31. The van der Waals surface area contributed by atoms with Crippen LogP contribution in [0.3, 0.4) is 0 Å². The minimum absolute atomic E-state index is 0.224. The fraction of sp³-hybridized carbons (Fsp3) is 0.423. The average Bonchev–Trinajstić information content (AvgIpc) is 2.87. The van der Waals surface area contributed by atoms with Gasteiger partial charge in [-0.05, 0) is 36.2 Å². The highest BCUT2D eigenvalue weighted by Gasteiger charge is 2.22. The van der Waals surface area contributed by atoms with Gasteiger partial charge in [0.05, 0.1) is 6.61 Å². The van der Waals surface area contributed by atoms with Gasteiger partial charge in [0.2, 0.25) is 0 Å². The van der Waals surface area contributed by atoms with Gasteiger partial charge in [-0.2, -0.15) is 0 Å². The second-order valence-corrected chi connectivity index (χ2v) is 8.21. The highest BCUT2D eigenvalue weighted by Crippen LogP contribution is 2.13. The van der Waals surface area contributed by atoms with Gasteiger partial charge in [0.15, 0.2) is 6.61 Å². The van der Waals surface area contributed by atoms with E-state index in [-0.39, 0.29) is 19.1 Å². The molecule has 0 aliphatic carbocycles. The van der Waals surface area contributed by atoms with Crippen LogP contribution in [0.25, 0.3) is 0 Å². The Morgan fingerprint density at radius 3 is 2.32 bits per heavy atom. The van der Waals surface area contributed by atoms with Crippen molar-refractivity contribution in [1.29, 1.82) is 0 Å². The smallest absolute Gasteiger partial charge is 0.325 e. The maximum atomic E-state index is 12.4. The average molecular weight is 468 g/mol. The van der Waals surface area contributed by atoms with Gasteiger partial charge < -0.3 is 19.7 Å². The van der Waals surface area contributed by atoms with Crippen LogP contribution in [0.4, 0.5) is 0 Å². The molecule has 2 aromatic carbocycles. The molecule has 0 aromatic heterocycles. The van der Waals surface area contributed by atoms with E-state index in [4.69, 9.17) is 9.47 Å². The van der Waals surface area contributed by atoms with Crippen LogP contribution < -0.4 is 10.1 Å². The van der Waals surface area contributed by atoms with Crippen molar-refractivity contribution in [2.45, 2.75) is 26.3 Å². The van der Waals surface area contributed by atoms with Crippen molar-refractivity contribution in [1.82, 2.24) is 15.1 Å². The zero-order valence-electron chi connectivity index (χ0n) is 19.7. The van der Waals surface area contributed by atoms with E-state index in [0.29, 0.717) is 31.0 Å². The summed E-state index contributed by atoms with van der Waals surface area (Å²) in [5.41, 5.74) is 1.66. The monoisotopic (exact) mass is 467 g/mol. The lowest BCUT2D eigenvalue weighted by atomic mass is 10.2. The first kappa shape index (κ1) is 25.2. The second-order valence-electron chi connectivity index (χ2n) is 8.21. The van der Waals surface area contributed by atoms with Crippen molar-refractivity contribution in [2.24, 2.45) is 0 Å². The molecule has 3 rings (SSSR count).